The molecule has 0 spiro atoms. The van der Waals surface area contributed by atoms with Crippen LogP contribution in [-0.2, 0) is 13.0 Å². The van der Waals surface area contributed by atoms with E-state index in [2.05, 4.69) is 22.4 Å². The van der Waals surface area contributed by atoms with Crippen molar-refractivity contribution in [3.63, 3.8) is 0 Å². The molecular formula is C8H15N3O. The van der Waals surface area contributed by atoms with E-state index < -0.39 is 0 Å². The van der Waals surface area contributed by atoms with Gasteiger partial charge in [0.15, 0.2) is 5.82 Å². The minimum Gasteiger partial charge on any atom is -0.338 e. The predicted molar refractivity (Wildman–Crippen MR) is 45.7 cm³/mol. The van der Waals surface area contributed by atoms with Crippen LogP contribution in [0.2, 0.25) is 0 Å². The second kappa shape index (κ2) is 4.87. The Morgan fingerprint density at radius 1 is 1.42 bits per heavy atom. The van der Waals surface area contributed by atoms with Gasteiger partial charge in [-0.2, -0.15) is 4.98 Å². The lowest BCUT2D eigenvalue weighted by atomic mass is 10.4. The predicted octanol–water partition coefficient (Wildman–Crippen LogP) is 1.13. The van der Waals surface area contributed by atoms with E-state index in [4.69, 9.17) is 4.52 Å². The molecule has 0 unspecified atom stereocenters. The molecule has 0 aliphatic heterocycles. The van der Waals surface area contributed by atoms with Crippen LogP contribution in [0.25, 0.3) is 0 Å². The van der Waals surface area contributed by atoms with E-state index in [1.807, 2.05) is 6.92 Å². The lowest BCUT2D eigenvalue weighted by molar-refractivity contribution is 0.363. The van der Waals surface area contributed by atoms with Crippen molar-refractivity contribution >= 4 is 0 Å². The van der Waals surface area contributed by atoms with Gasteiger partial charge in [-0.05, 0) is 13.0 Å². The first-order valence-corrected chi connectivity index (χ1v) is 4.39. The Bertz CT molecular complexity index is 222. The Morgan fingerprint density at radius 3 is 2.83 bits per heavy atom. The van der Waals surface area contributed by atoms with Gasteiger partial charge in [0, 0.05) is 6.42 Å². The Morgan fingerprint density at radius 2 is 2.25 bits per heavy atom. The van der Waals surface area contributed by atoms with E-state index in [-0.39, 0.29) is 0 Å². The quantitative estimate of drug-likeness (QED) is 0.671. The summed E-state index contributed by atoms with van der Waals surface area (Å²) in [6.45, 7) is 5.80. The summed E-state index contributed by atoms with van der Waals surface area (Å²) in [5.74, 6) is 1.46. The molecule has 0 saturated heterocycles. The summed E-state index contributed by atoms with van der Waals surface area (Å²) < 4.78 is 4.98. The molecule has 0 amide bonds. The van der Waals surface area contributed by atoms with Gasteiger partial charge in [0.1, 0.15) is 0 Å². The molecule has 0 aliphatic carbocycles. The molecule has 12 heavy (non-hydrogen) atoms. The van der Waals surface area contributed by atoms with Crippen molar-refractivity contribution in [3.05, 3.63) is 11.7 Å². The average Bonchev–Trinajstić information content (AvgIpc) is 2.53. The molecule has 0 aliphatic rings. The third kappa shape index (κ3) is 2.62. The van der Waals surface area contributed by atoms with Crippen molar-refractivity contribution in [2.24, 2.45) is 0 Å². The fourth-order valence-electron chi connectivity index (χ4n) is 0.878. The number of nitrogens with zero attached hydrogens (tertiary/aromatic N) is 2. The third-order valence-electron chi connectivity index (χ3n) is 1.53. The van der Waals surface area contributed by atoms with Crippen LogP contribution in [0.5, 0.6) is 0 Å². The fourth-order valence-corrected chi connectivity index (χ4v) is 0.878. The van der Waals surface area contributed by atoms with E-state index in [1.165, 1.54) is 0 Å². The summed E-state index contributed by atoms with van der Waals surface area (Å²) in [6, 6.07) is 0. The number of aromatic nitrogens is 2. The number of hydrogen-bond donors (Lipinski definition) is 1. The monoisotopic (exact) mass is 169 g/mol. The lowest BCUT2D eigenvalue weighted by Crippen LogP contribution is -2.13. The van der Waals surface area contributed by atoms with Crippen LogP contribution < -0.4 is 5.32 Å². The molecule has 0 saturated carbocycles. The van der Waals surface area contributed by atoms with E-state index in [0.29, 0.717) is 12.4 Å². The van der Waals surface area contributed by atoms with Crippen molar-refractivity contribution in [2.45, 2.75) is 33.2 Å². The SMILES string of the molecule is CCCNCc1nc(CC)no1. The van der Waals surface area contributed by atoms with Gasteiger partial charge >= 0.3 is 0 Å². The van der Waals surface area contributed by atoms with Gasteiger partial charge in [-0.3, -0.25) is 0 Å². The Hall–Kier alpha value is -0.900. The fraction of sp³-hybridized carbons (Fsp3) is 0.750. The highest BCUT2D eigenvalue weighted by Gasteiger charge is 2.02. The van der Waals surface area contributed by atoms with Gasteiger partial charge in [-0.15, -0.1) is 0 Å². The van der Waals surface area contributed by atoms with Crippen LogP contribution in [0.1, 0.15) is 32.0 Å². The molecule has 1 aromatic heterocycles. The van der Waals surface area contributed by atoms with Gasteiger partial charge in [-0.1, -0.05) is 19.0 Å². The Kier molecular flexibility index (Phi) is 3.73. The third-order valence-corrected chi connectivity index (χ3v) is 1.53. The molecule has 4 heteroatoms. The highest BCUT2D eigenvalue weighted by molar-refractivity contribution is 4.84. The molecule has 1 aromatic rings. The van der Waals surface area contributed by atoms with Crippen molar-refractivity contribution < 1.29 is 4.52 Å². The zero-order chi connectivity index (χ0) is 8.81. The smallest absolute Gasteiger partial charge is 0.240 e. The molecule has 68 valence electrons. The first-order valence-electron chi connectivity index (χ1n) is 4.39. The minimum absolute atomic E-state index is 0.681. The van der Waals surface area contributed by atoms with Crippen LogP contribution in [0.3, 0.4) is 0 Å². The van der Waals surface area contributed by atoms with Gasteiger partial charge in [0.05, 0.1) is 6.54 Å². The molecular weight excluding hydrogens is 154 g/mol. The molecule has 0 atom stereocenters. The van der Waals surface area contributed by atoms with Gasteiger partial charge < -0.3 is 9.84 Å². The first-order chi connectivity index (χ1) is 5.86. The minimum atomic E-state index is 0.681. The summed E-state index contributed by atoms with van der Waals surface area (Å²) >= 11 is 0. The second-order valence-corrected chi connectivity index (χ2v) is 2.63. The summed E-state index contributed by atoms with van der Waals surface area (Å²) in [5, 5.41) is 6.98. The number of aryl methyl sites for hydroxylation is 1. The maximum Gasteiger partial charge on any atom is 0.240 e. The van der Waals surface area contributed by atoms with Crippen LogP contribution in [0.4, 0.5) is 0 Å². The second-order valence-electron chi connectivity index (χ2n) is 2.63. The van der Waals surface area contributed by atoms with E-state index >= 15 is 0 Å². The summed E-state index contributed by atoms with van der Waals surface area (Å²) in [4.78, 5) is 4.16. The Balaban J connectivity index is 2.31. The molecule has 0 radical (unpaired) electrons. The van der Waals surface area contributed by atoms with Gasteiger partial charge in [-0.25, -0.2) is 0 Å². The molecule has 1 N–H and O–H groups in total. The Labute approximate surface area is 72.4 Å². The van der Waals surface area contributed by atoms with Crippen molar-refractivity contribution in [1.29, 1.82) is 0 Å². The molecule has 0 fully saturated rings. The van der Waals surface area contributed by atoms with E-state index in [0.717, 1.165) is 25.2 Å². The van der Waals surface area contributed by atoms with Crippen LogP contribution in [0, 0.1) is 0 Å². The normalized spacial score (nSPS) is 10.5. The van der Waals surface area contributed by atoms with E-state index in [1.54, 1.807) is 0 Å². The highest BCUT2D eigenvalue weighted by Crippen LogP contribution is 1.96. The maximum absolute atomic E-state index is 4.98. The largest absolute Gasteiger partial charge is 0.338 e. The lowest BCUT2D eigenvalue weighted by Gasteiger charge is -1.95. The van der Waals surface area contributed by atoms with Crippen LogP contribution in [0.15, 0.2) is 4.52 Å². The number of hydrogen-bond acceptors (Lipinski definition) is 4. The topological polar surface area (TPSA) is 51.0 Å². The summed E-state index contributed by atoms with van der Waals surface area (Å²) in [5.41, 5.74) is 0. The first kappa shape index (κ1) is 9.19. The molecule has 1 rings (SSSR count). The van der Waals surface area contributed by atoms with Crippen molar-refractivity contribution in [2.75, 3.05) is 6.54 Å². The van der Waals surface area contributed by atoms with E-state index in [9.17, 15) is 0 Å². The molecule has 1 heterocycles. The van der Waals surface area contributed by atoms with Gasteiger partial charge in [0.2, 0.25) is 5.89 Å². The van der Waals surface area contributed by atoms with Crippen LogP contribution >= 0.6 is 0 Å². The average molecular weight is 169 g/mol. The summed E-state index contributed by atoms with van der Waals surface area (Å²) in [6.07, 6.45) is 1.95. The highest BCUT2D eigenvalue weighted by atomic mass is 16.5. The van der Waals surface area contributed by atoms with Gasteiger partial charge in [0.25, 0.3) is 0 Å². The van der Waals surface area contributed by atoms with Crippen LogP contribution in [-0.4, -0.2) is 16.7 Å². The van der Waals surface area contributed by atoms with Crippen molar-refractivity contribution in [1.82, 2.24) is 15.5 Å². The zero-order valence-corrected chi connectivity index (χ0v) is 7.63. The standard InChI is InChI=1S/C8H15N3O/c1-3-5-9-6-8-10-7(4-2)11-12-8/h9H,3-6H2,1-2H3. The number of nitrogens with one attached hydrogen (secondary N) is 1. The number of rotatable bonds is 5. The molecule has 4 nitrogen and oxygen atoms in total. The maximum atomic E-state index is 4.98. The summed E-state index contributed by atoms with van der Waals surface area (Å²) in [7, 11) is 0. The zero-order valence-electron chi connectivity index (χ0n) is 7.63. The molecule has 0 aromatic carbocycles. The molecule has 0 bridgehead atoms. The van der Waals surface area contributed by atoms with Crippen molar-refractivity contribution in [3.8, 4) is 0 Å².